The fourth-order valence-corrected chi connectivity index (χ4v) is 3.52. The predicted molar refractivity (Wildman–Crippen MR) is 93.2 cm³/mol. The first kappa shape index (κ1) is 18.6. The molecule has 3 heterocycles. The number of nitrogens with two attached hydrogens (primary N) is 1. The van der Waals surface area contributed by atoms with Gasteiger partial charge in [-0.1, -0.05) is 0 Å². The molecule has 3 amide bonds. The van der Waals surface area contributed by atoms with Crippen LogP contribution in [0.3, 0.4) is 0 Å². The molecule has 10 nitrogen and oxygen atoms in total. The van der Waals surface area contributed by atoms with Crippen LogP contribution in [-0.2, 0) is 23.1 Å². The zero-order chi connectivity index (χ0) is 18.5. The van der Waals surface area contributed by atoms with Crippen LogP contribution >= 0.6 is 0 Å². The lowest BCUT2D eigenvalue weighted by Gasteiger charge is -2.32. The van der Waals surface area contributed by atoms with E-state index >= 15 is 0 Å². The van der Waals surface area contributed by atoms with E-state index in [1.807, 2.05) is 7.05 Å². The maximum absolute atomic E-state index is 12.2. The van der Waals surface area contributed by atoms with Crippen molar-refractivity contribution >= 4 is 11.9 Å². The fourth-order valence-electron chi connectivity index (χ4n) is 3.52. The normalized spacial score (nSPS) is 21.6. The SMILES string of the molecule is Cn1c(CN2CCOCC2)nnc1[C@H]1CCCN(C(=O)CNC(N)=O)C1. The molecule has 0 spiro atoms. The number of ether oxygens (including phenoxy) is 1. The highest BCUT2D eigenvalue weighted by Crippen LogP contribution is 2.26. The number of hydrogen-bond donors (Lipinski definition) is 2. The molecule has 0 saturated carbocycles. The average molecular weight is 365 g/mol. The summed E-state index contributed by atoms with van der Waals surface area (Å²) < 4.78 is 7.43. The van der Waals surface area contributed by atoms with Crippen molar-refractivity contribution in [2.24, 2.45) is 12.8 Å². The third kappa shape index (κ3) is 4.50. The van der Waals surface area contributed by atoms with E-state index in [1.54, 1.807) is 4.90 Å². The number of morpholine rings is 1. The number of amides is 3. The van der Waals surface area contributed by atoms with Crippen LogP contribution in [-0.4, -0.2) is 82.4 Å². The van der Waals surface area contributed by atoms with Gasteiger partial charge in [0.1, 0.15) is 11.6 Å². The zero-order valence-corrected chi connectivity index (χ0v) is 15.2. The second-order valence-corrected chi connectivity index (χ2v) is 6.82. The van der Waals surface area contributed by atoms with Crippen LogP contribution in [0.1, 0.15) is 30.4 Å². The molecule has 2 saturated heterocycles. The largest absolute Gasteiger partial charge is 0.379 e. The summed E-state index contributed by atoms with van der Waals surface area (Å²) in [4.78, 5) is 27.1. The van der Waals surface area contributed by atoms with Crippen LogP contribution in [0.2, 0.25) is 0 Å². The Bertz CT molecular complexity index is 642. The minimum absolute atomic E-state index is 0.0663. The Morgan fingerprint density at radius 1 is 1.27 bits per heavy atom. The first-order chi connectivity index (χ1) is 12.5. The second-order valence-electron chi connectivity index (χ2n) is 6.82. The first-order valence-corrected chi connectivity index (χ1v) is 9.04. The van der Waals surface area contributed by atoms with E-state index in [2.05, 4.69) is 25.0 Å². The molecule has 26 heavy (non-hydrogen) atoms. The molecule has 0 bridgehead atoms. The van der Waals surface area contributed by atoms with Gasteiger partial charge in [-0.15, -0.1) is 10.2 Å². The van der Waals surface area contributed by atoms with E-state index in [0.717, 1.165) is 57.3 Å². The number of likely N-dealkylation sites (tertiary alicyclic amines) is 1. The maximum Gasteiger partial charge on any atom is 0.312 e. The Labute approximate surface area is 152 Å². The summed E-state index contributed by atoms with van der Waals surface area (Å²) in [5.41, 5.74) is 5.03. The Morgan fingerprint density at radius 2 is 2.04 bits per heavy atom. The molecule has 144 valence electrons. The molecule has 2 aliphatic rings. The van der Waals surface area contributed by atoms with Crippen molar-refractivity contribution in [3.05, 3.63) is 11.6 Å². The van der Waals surface area contributed by atoms with Crippen molar-refractivity contribution in [2.45, 2.75) is 25.3 Å². The molecule has 3 N–H and O–H groups in total. The third-order valence-electron chi connectivity index (χ3n) is 5.02. The minimum atomic E-state index is -0.687. The number of hydrogen-bond acceptors (Lipinski definition) is 6. The molecule has 0 radical (unpaired) electrons. The van der Waals surface area contributed by atoms with E-state index in [4.69, 9.17) is 10.5 Å². The van der Waals surface area contributed by atoms with Gasteiger partial charge in [-0.3, -0.25) is 9.69 Å². The average Bonchev–Trinajstić information content (AvgIpc) is 3.01. The molecule has 2 aliphatic heterocycles. The summed E-state index contributed by atoms with van der Waals surface area (Å²) in [6.45, 7) is 5.28. The van der Waals surface area contributed by atoms with Crippen molar-refractivity contribution in [3.8, 4) is 0 Å². The summed E-state index contributed by atoms with van der Waals surface area (Å²) in [6, 6.07) is -0.687. The zero-order valence-electron chi connectivity index (χ0n) is 15.2. The predicted octanol–water partition coefficient (Wildman–Crippen LogP) is -0.978. The lowest BCUT2D eigenvalue weighted by atomic mass is 9.97. The monoisotopic (exact) mass is 365 g/mol. The standard InChI is InChI=1S/C16H27N7O3/c1-21-13(11-22-5-7-26-8-6-22)19-20-15(21)12-3-2-4-23(10-12)14(24)9-18-16(17)25/h12H,2-11H2,1H3,(H3,17,18,25)/t12-/m0/s1. The summed E-state index contributed by atoms with van der Waals surface area (Å²) in [5.74, 6) is 1.87. The number of carbonyl (C=O) groups excluding carboxylic acids is 2. The van der Waals surface area contributed by atoms with Gasteiger partial charge >= 0.3 is 6.03 Å². The molecule has 1 aromatic rings. The number of rotatable bonds is 5. The van der Waals surface area contributed by atoms with Gasteiger partial charge in [-0.05, 0) is 12.8 Å². The number of piperidine rings is 1. The molecule has 0 unspecified atom stereocenters. The van der Waals surface area contributed by atoms with E-state index in [-0.39, 0.29) is 18.4 Å². The van der Waals surface area contributed by atoms with Crippen molar-refractivity contribution in [1.82, 2.24) is 29.9 Å². The van der Waals surface area contributed by atoms with Crippen LogP contribution in [0, 0.1) is 0 Å². The van der Waals surface area contributed by atoms with Crippen molar-refractivity contribution < 1.29 is 14.3 Å². The molecule has 0 aromatic carbocycles. The quantitative estimate of drug-likeness (QED) is 0.692. The van der Waals surface area contributed by atoms with Gasteiger partial charge in [-0.2, -0.15) is 0 Å². The second kappa shape index (κ2) is 8.45. The number of nitrogens with zero attached hydrogens (tertiary/aromatic N) is 5. The number of aromatic nitrogens is 3. The van der Waals surface area contributed by atoms with E-state index in [1.165, 1.54) is 0 Å². The Morgan fingerprint density at radius 3 is 2.77 bits per heavy atom. The van der Waals surface area contributed by atoms with Gasteiger partial charge in [-0.25, -0.2) is 4.79 Å². The number of urea groups is 1. The van der Waals surface area contributed by atoms with Gasteiger partial charge in [0.2, 0.25) is 5.91 Å². The molecule has 10 heteroatoms. The number of carbonyl (C=O) groups is 2. The van der Waals surface area contributed by atoms with Gasteiger partial charge in [0.25, 0.3) is 0 Å². The van der Waals surface area contributed by atoms with E-state index < -0.39 is 6.03 Å². The molecule has 1 aromatic heterocycles. The Balaban J connectivity index is 1.61. The van der Waals surface area contributed by atoms with E-state index in [9.17, 15) is 9.59 Å². The molecular weight excluding hydrogens is 338 g/mol. The van der Waals surface area contributed by atoms with Crippen LogP contribution in [0.25, 0.3) is 0 Å². The topological polar surface area (TPSA) is 119 Å². The summed E-state index contributed by atoms with van der Waals surface area (Å²) in [5, 5.41) is 11.1. The number of primary amides is 1. The van der Waals surface area contributed by atoms with Crippen LogP contribution in [0.4, 0.5) is 4.79 Å². The Kier molecular flexibility index (Phi) is 6.04. The molecular formula is C16H27N7O3. The van der Waals surface area contributed by atoms with Crippen LogP contribution in [0.5, 0.6) is 0 Å². The van der Waals surface area contributed by atoms with Crippen molar-refractivity contribution in [1.29, 1.82) is 0 Å². The van der Waals surface area contributed by atoms with Crippen molar-refractivity contribution in [2.75, 3.05) is 45.9 Å². The highest BCUT2D eigenvalue weighted by Gasteiger charge is 2.28. The number of nitrogens with one attached hydrogen (secondary N) is 1. The lowest BCUT2D eigenvalue weighted by molar-refractivity contribution is -0.131. The molecule has 1 atom stereocenters. The van der Waals surface area contributed by atoms with Crippen LogP contribution in [0.15, 0.2) is 0 Å². The highest BCUT2D eigenvalue weighted by molar-refractivity contribution is 5.83. The summed E-state index contributed by atoms with van der Waals surface area (Å²) in [7, 11) is 1.99. The van der Waals surface area contributed by atoms with Gasteiger partial charge in [0, 0.05) is 39.1 Å². The lowest BCUT2D eigenvalue weighted by Crippen LogP contribution is -2.45. The maximum atomic E-state index is 12.2. The van der Waals surface area contributed by atoms with Gasteiger partial charge < -0.3 is 25.3 Å². The summed E-state index contributed by atoms with van der Waals surface area (Å²) >= 11 is 0. The van der Waals surface area contributed by atoms with Gasteiger partial charge in [0.15, 0.2) is 0 Å². The molecule has 2 fully saturated rings. The van der Waals surface area contributed by atoms with Gasteiger partial charge in [0.05, 0.1) is 26.3 Å². The van der Waals surface area contributed by atoms with E-state index in [0.29, 0.717) is 13.1 Å². The Hall–Kier alpha value is -2.20. The summed E-state index contributed by atoms with van der Waals surface area (Å²) in [6.07, 6.45) is 1.87. The smallest absolute Gasteiger partial charge is 0.312 e. The first-order valence-electron chi connectivity index (χ1n) is 9.04. The van der Waals surface area contributed by atoms with Crippen LogP contribution < -0.4 is 11.1 Å². The fraction of sp³-hybridized carbons (Fsp3) is 0.750. The minimum Gasteiger partial charge on any atom is -0.379 e. The third-order valence-corrected chi connectivity index (χ3v) is 5.02. The molecule has 0 aliphatic carbocycles. The van der Waals surface area contributed by atoms with Crippen molar-refractivity contribution in [3.63, 3.8) is 0 Å². The highest BCUT2D eigenvalue weighted by atomic mass is 16.5. The molecule has 3 rings (SSSR count).